The number of carbonyl (C=O) groups excluding carboxylic acids is 2. The van der Waals surface area contributed by atoms with Crippen molar-refractivity contribution in [2.45, 2.75) is 45.6 Å². The summed E-state index contributed by atoms with van der Waals surface area (Å²) < 4.78 is 13.4. The number of aryl methyl sites for hydroxylation is 1. The molecule has 1 fully saturated rings. The van der Waals surface area contributed by atoms with E-state index in [1.54, 1.807) is 42.5 Å². The molecule has 3 aromatic rings. The number of methoxy groups -OCH3 is 1. The second-order valence-corrected chi connectivity index (χ2v) is 10.5. The van der Waals surface area contributed by atoms with Gasteiger partial charge in [-0.1, -0.05) is 13.0 Å². The van der Waals surface area contributed by atoms with Crippen LogP contribution >= 0.6 is 0 Å². The molecule has 0 bridgehead atoms. The van der Waals surface area contributed by atoms with Crippen LogP contribution in [-0.4, -0.2) is 52.3 Å². The Balaban J connectivity index is 1.64. The van der Waals surface area contributed by atoms with Gasteiger partial charge in [0.15, 0.2) is 5.75 Å². The number of rotatable bonds is 4. The van der Waals surface area contributed by atoms with E-state index in [0.29, 0.717) is 35.7 Å². The first kappa shape index (κ1) is 26.0. The summed E-state index contributed by atoms with van der Waals surface area (Å²) in [7, 11) is 3.51. The van der Waals surface area contributed by atoms with Gasteiger partial charge in [0, 0.05) is 31.9 Å². The molecule has 2 amide bonds. The van der Waals surface area contributed by atoms with Crippen LogP contribution < -0.4 is 10.1 Å². The molecule has 1 N–H and O–H groups in total. The number of ether oxygens (including phenoxy) is 2. The van der Waals surface area contributed by atoms with Crippen LogP contribution in [0.3, 0.4) is 0 Å². The van der Waals surface area contributed by atoms with E-state index in [1.165, 1.54) is 0 Å². The maximum atomic E-state index is 13.0. The predicted octanol–water partition coefficient (Wildman–Crippen LogP) is 5.07. The molecule has 1 aliphatic rings. The molecular formula is C28H33N5O4. The molecule has 37 heavy (non-hydrogen) atoms. The Morgan fingerprint density at radius 3 is 2.68 bits per heavy atom. The van der Waals surface area contributed by atoms with Crippen molar-refractivity contribution >= 4 is 28.7 Å². The van der Waals surface area contributed by atoms with E-state index in [-0.39, 0.29) is 23.8 Å². The molecule has 2 unspecified atom stereocenters. The molecule has 0 aliphatic carbocycles. The summed E-state index contributed by atoms with van der Waals surface area (Å²) in [5.41, 5.74) is 2.51. The van der Waals surface area contributed by atoms with Gasteiger partial charge in [-0.25, -0.2) is 9.78 Å². The lowest BCUT2D eigenvalue weighted by atomic mass is 9.81. The zero-order chi connectivity index (χ0) is 26.9. The van der Waals surface area contributed by atoms with Crippen molar-refractivity contribution in [2.75, 3.05) is 25.5 Å². The van der Waals surface area contributed by atoms with Gasteiger partial charge in [0.1, 0.15) is 16.9 Å². The largest absolute Gasteiger partial charge is 0.494 e. The minimum atomic E-state index is -0.539. The lowest BCUT2D eigenvalue weighted by molar-refractivity contribution is 0.0155. The summed E-state index contributed by atoms with van der Waals surface area (Å²) in [6.07, 6.45) is 4.12. The van der Waals surface area contributed by atoms with Gasteiger partial charge >= 0.3 is 6.09 Å². The molecule has 3 heterocycles. The smallest absolute Gasteiger partial charge is 0.410 e. The van der Waals surface area contributed by atoms with E-state index < -0.39 is 5.60 Å². The third kappa shape index (κ3) is 5.38. The number of pyridine rings is 1. The Bertz CT molecular complexity index is 1380. The molecule has 194 valence electrons. The number of carbonyl (C=O) groups is 2. The molecule has 2 aromatic heterocycles. The molecule has 4 rings (SSSR count). The third-order valence-corrected chi connectivity index (χ3v) is 6.63. The highest BCUT2D eigenvalue weighted by Gasteiger charge is 2.34. The first-order valence-electron chi connectivity index (χ1n) is 12.3. The molecular weight excluding hydrogens is 470 g/mol. The molecule has 9 nitrogen and oxygen atoms in total. The van der Waals surface area contributed by atoms with Crippen molar-refractivity contribution in [2.24, 2.45) is 13.0 Å². The second-order valence-electron chi connectivity index (χ2n) is 10.5. The van der Waals surface area contributed by atoms with Crippen LogP contribution in [0.15, 0.2) is 36.7 Å². The quantitative estimate of drug-likeness (QED) is 0.533. The maximum Gasteiger partial charge on any atom is 0.410 e. The minimum absolute atomic E-state index is 0.163. The summed E-state index contributed by atoms with van der Waals surface area (Å²) in [5, 5.41) is 12.9. The minimum Gasteiger partial charge on any atom is -0.494 e. The van der Waals surface area contributed by atoms with Gasteiger partial charge in [0.05, 0.1) is 30.3 Å². The standard InChI is InChI=1S/C28H33N5O4/c1-17-15-33(27(35)37-28(2,3)4)11-10-20(17)21-16-32(5)25-23(21)24(36-6)22(14-30-25)31-26(34)19-9-7-8-18(12-19)13-29/h7-9,12,14,16-17,20H,10-11,15H2,1-6H3,(H,31,34). The first-order valence-corrected chi connectivity index (χ1v) is 12.3. The maximum absolute atomic E-state index is 13.0. The van der Waals surface area contributed by atoms with Gasteiger partial charge in [-0.2, -0.15) is 5.26 Å². The molecule has 1 aromatic carbocycles. The van der Waals surface area contributed by atoms with Gasteiger partial charge in [-0.15, -0.1) is 0 Å². The van der Waals surface area contributed by atoms with Crippen LogP contribution in [0, 0.1) is 17.2 Å². The van der Waals surface area contributed by atoms with Crippen LogP contribution in [0.1, 0.15) is 61.5 Å². The molecule has 1 saturated heterocycles. The van der Waals surface area contributed by atoms with Crippen LogP contribution in [0.25, 0.3) is 11.0 Å². The lowest BCUT2D eigenvalue weighted by Gasteiger charge is -2.37. The van der Waals surface area contributed by atoms with Gasteiger partial charge in [-0.05, 0) is 62.8 Å². The van der Waals surface area contributed by atoms with Gasteiger partial charge < -0.3 is 24.3 Å². The Morgan fingerprint density at radius 1 is 1.27 bits per heavy atom. The lowest BCUT2D eigenvalue weighted by Crippen LogP contribution is -2.44. The normalized spacial score (nSPS) is 17.8. The molecule has 0 spiro atoms. The zero-order valence-corrected chi connectivity index (χ0v) is 22.2. The fourth-order valence-electron chi connectivity index (χ4n) is 4.95. The summed E-state index contributed by atoms with van der Waals surface area (Å²) in [6, 6.07) is 8.57. The molecule has 2 atom stereocenters. The Hall–Kier alpha value is -4.06. The van der Waals surface area contributed by atoms with E-state index in [2.05, 4.69) is 29.5 Å². The van der Waals surface area contributed by atoms with Gasteiger partial charge in [-0.3, -0.25) is 4.79 Å². The number of nitrogens with zero attached hydrogens (tertiary/aromatic N) is 4. The van der Waals surface area contributed by atoms with Crippen molar-refractivity contribution in [3.63, 3.8) is 0 Å². The monoisotopic (exact) mass is 503 g/mol. The van der Waals surface area contributed by atoms with Crippen LogP contribution in [-0.2, 0) is 11.8 Å². The fourth-order valence-corrected chi connectivity index (χ4v) is 4.95. The number of anilines is 1. The fraction of sp³-hybridized carbons (Fsp3) is 0.429. The number of nitrogens with one attached hydrogen (secondary N) is 1. The number of hydrogen-bond acceptors (Lipinski definition) is 6. The summed E-state index contributed by atoms with van der Waals surface area (Å²) in [6.45, 7) is 8.90. The molecule has 1 aliphatic heterocycles. The molecule has 9 heteroatoms. The highest BCUT2D eigenvalue weighted by atomic mass is 16.6. The topological polar surface area (TPSA) is 109 Å². The number of likely N-dealkylation sites (tertiary alicyclic amines) is 1. The van der Waals surface area contributed by atoms with E-state index in [4.69, 9.17) is 14.7 Å². The van der Waals surface area contributed by atoms with Crippen LogP contribution in [0.5, 0.6) is 5.75 Å². The zero-order valence-electron chi connectivity index (χ0n) is 22.2. The summed E-state index contributed by atoms with van der Waals surface area (Å²) in [4.78, 5) is 32.0. The van der Waals surface area contributed by atoms with Crippen molar-refractivity contribution in [3.05, 3.63) is 53.3 Å². The van der Waals surface area contributed by atoms with Gasteiger partial charge in [0.2, 0.25) is 0 Å². The Labute approximate surface area is 217 Å². The third-order valence-electron chi connectivity index (χ3n) is 6.63. The van der Waals surface area contributed by atoms with E-state index >= 15 is 0 Å². The van der Waals surface area contributed by atoms with E-state index in [0.717, 1.165) is 23.0 Å². The van der Waals surface area contributed by atoms with E-state index in [9.17, 15) is 9.59 Å². The first-order chi connectivity index (χ1) is 17.5. The van der Waals surface area contributed by atoms with Gasteiger partial charge in [0.25, 0.3) is 5.91 Å². The van der Waals surface area contributed by atoms with Crippen LogP contribution in [0.4, 0.5) is 10.5 Å². The van der Waals surface area contributed by atoms with E-state index in [1.807, 2.05) is 32.4 Å². The number of fused-ring (bicyclic) bond motifs is 1. The van der Waals surface area contributed by atoms with Crippen molar-refractivity contribution in [3.8, 4) is 11.8 Å². The summed E-state index contributed by atoms with van der Waals surface area (Å²) >= 11 is 0. The highest BCUT2D eigenvalue weighted by Crippen LogP contribution is 2.43. The predicted molar refractivity (Wildman–Crippen MR) is 141 cm³/mol. The number of benzene rings is 1. The average molecular weight is 504 g/mol. The Kier molecular flexibility index (Phi) is 7.12. The highest BCUT2D eigenvalue weighted by molar-refractivity contribution is 6.07. The summed E-state index contributed by atoms with van der Waals surface area (Å²) in [5.74, 6) is 0.514. The van der Waals surface area contributed by atoms with Crippen molar-refractivity contribution in [1.82, 2.24) is 14.5 Å². The van der Waals surface area contributed by atoms with Crippen molar-refractivity contribution in [1.29, 1.82) is 5.26 Å². The molecule has 0 saturated carbocycles. The van der Waals surface area contributed by atoms with Crippen LogP contribution in [0.2, 0.25) is 0 Å². The number of nitriles is 1. The van der Waals surface area contributed by atoms with Crippen molar-refractivity contribution < 1.29 is 19.1 Å². The Morgan fingerprint density at radius 2 is 2.03 bits per heavy atom. The molecule has 0 radical (unpaired) electrons. The SMILES string of the molecule is COc1c(NC(=O)c2cccc(C#N)c2)cnc2c1c(C1CCN(C(=O)OC(C)(C)C)CC1C)cn2C. The number of aromatic nitrogens is 2. The number of hydrogen-bond donors (Lipinski definition) is 1. The second kappa shape index (κ2) is 10.1. The number of piperidine rings is 1. The number of amides is 2. The average Bonchev–Trinajstić information content (AvgIpc) is 3.18.